The minimum absolute atomic E-state index is 0.0603. The van der Waals surface area contributed by atoms with Crippen molar-refractivity contribution in [2.45, 2.75) is 27.3 Å². The van der Waals surface area contributed by atoms with E-state index in [1.807, 2.05) is 43.6 Å². The van der Waals surface area contributed by atoms with E-state index in [0.717, 1.165) is 33.8 Å². The Morgan fingerprint density at radius 2 is 2.04 bits per heavy atom. The molecule has 2 heterocycles. The van der Waals surface area contributed by atoms with Crippen molar-refractivity contribution in [1.29, 1.82) is 0 Å². The number of hydrogen-bond donors (Lipinski definition) is 2. The number of pyridine rings is 1. The summed E-state index contributed by atoms with van der Waals surface area (Å²) in [4.78, 5) is 15.6. The number of nitrogens with one attached hydrogen (secondary N) is 2. The zero-order valence-corrected chi connectivity index (χ0v) is 13.6. The molecule has 0 aliphatic heterocycles. The molecule has 5 nitrogen and oxygen atoms in total. The monoisotopic (exact) mass is 308 g/mol. The van der Waals surface area contributed by atoms with Crippen LogP contribution < -0.4 is 10.6 Å². The van der Waals surface area contributed by atoms with Crippen LogP contribution in [0.15, 0.2) is 42.7 Å². The van der Waals surface area contributed by atoms with Gasteiger partial charge in [-0.25, -0.2) is 4.98 Å². The van der Waals surface area contributed by atoms with Crippen molar-refractivity contribution in [1.82, 2.24) is 9.38 Å². The van der Waals surface area contributed by atoms with Crippen molar-refractivity contribution in [3.63, 3.8) is 0 Å². The van der Waals surface area contributed by atoms with E-state index in [-0.39, 0.29) is 5.91 Å². The van der Waals surface area contributed by atoms with Gasteiger partial charge in [0, 0.05) is 24.5 Å². The number of rotatable bonds is 4. The number of fused-ring (bicyclic) bond motifs is 1. The maximum atomic E-state index is 11.1. The molecule has 0 radical (unpaired) electrons. The zero-order valence-electron chi connectivity index (χ0n) is 13.6. The molecule has 0 fully saturated rings. The van der Waals surface area contributed by atoms with E-state index in [9.17, 15) is 4.79 Å². The predicted molar refractivity (Wildman–Crippen MR) is 92.7 cm³/mol. The van der Waals surface area contributed by atoms with Gasteiger partial charge in [0.1, 0.15) is 5.65 Å². The number of anilines is 2. The van der Waals surface area contributed by atoms with E-state index in [1.165, 1.54) is 6.92 Å². The molecule has 2 N–H and O–H groups in total. The summed E-state index contributed by atoms with van der Waals surface area (Å²) >= 11 is 0. The lowest BCUT2D eigenvalue weighted by Crippen LogP contribution is -2.08. The summed E-state index contributed by atoms with van der Waals surface area (Å²) in [7, 11) is 0. The van der Waals surface area contributed by atoms with Crippen LogP contribution in [-0.2, 0) is 11.3 Å². The number of nitrogens with zero attached hydrogens (tertiary/aromatic N) is 2. The van der Waals surface area contributed by atoms with Gasteiger partial charge in [-0.1, -0.05) is 6.07 Å². The van der Waals surface area contributed by atoms with E-state index in [0.29, 0.717) is 6.54 Å². The lowest BCUT2D eigenvalue weighted by atomic mass is 10.1. The number of aryl methyl sites for hydroxylation is 2. The van der Waals surface area contributed by atoms with Gasteiger partial charge < -0.3 is 15.0 Å². The van der Waals surface area contributed by atoms with E-state index in [1.54, 1.807) is 0 Å². The van der Waals surface area contributed by atoms with Gasteiger partial charge in [0.2, 0.25) is 5.91 Å². The van der Waals surface area contributed by atoms with Crippen molar-refractivity contribution in [3.05, 3.63) is 59.5 Å². The molecular weight excluding hydrogens is 288 g/mol. The molecule has 0 aliphatic carbocycles. The maximum Gasteiger partial charge on any atom is 0.221 e. The van der Waals surface area contributed by atoms with Gasteiger partial charge in [-0.3, -0.25) is 4.79 Å². The van der Waals surface area contributed by atoms with Crippen LogP contribution in [0.4, 0.5) is 11.4 Å². The van der Waals surface area contributed by atoms with E-state index >= 15 is 0 Å². The highest BCUT2D eigenvalue weighted by Crippen LogP contribution is 2.20. The first-order valence-electron chi connectivity index (χ1n) is 7.58. The van der Waals surface area contributed by atoms with Gasteiger partial charge in [0.05, 0.1) is 18.4 Å². The van der Waals surface area contributed by atoms with Gasteiger partial charge in [-0.05, 0) is 49.2 Å². The topological polar surface area (TPSA) is 58.4 Å². The molecule has 0 saturated heterocycles. The number of amides is 1. The highest BCUT2D eigenvalue weighted by atomic mass is 16.1. The standard InChI is InChI=1S/C18H20N4O/c1-12-5-4-8-22-16(11-20-18(12)22)10-19-15-6-7-17(13(2)9-15)21-14(3)23/h4-9,11,19H,10H2,1-3H3,(H,21,23). The third-order valence-corrected chi connectivity index (χ3v) is 3.82. The van der Waals surface area contributed by atoms with Crippen molar-refractivity contribution < 1.29 is 4.79 Å². The molecule has 0 spiro atoms. The molecule has 0 saturated carbocycles. The molecule has 5 heteroatoms. The quantitative estimate of drug-likeness (QED) is 0.775. The first-order chi connectivity index (χ1) is 11.0. The number of carbonyl (C=O) groups is 1. The van der Waals surface area contributed by atoms with Crippen molar-refractivity contribution in [2.24, 2.45) is 0 Å². The Balaban J connectivity index is 1.76. The Morgan fingerprint density at radius 1 is 1.22 bits per heavy atom. The van der Waals surface area contributed by atoms with Gasteiger partial charge in [0.25, 0.3) is 0 Å². The minimum atomic E-state index is -0.0603. The van der Waals surface area contributed by atoms with Gasteiger partial charge in [0.15, 0.2) is 0 Å². The first-order valence-corrected chi connectivity index (χ1v) is 7.58. The molecule has 1 amide bonds. The summed E-state index contributed by atoms with van der Waals surface area (Å²) in [5.41, 5.74) is 6.13. The van der Waals surface area contributed by atoms with E-state index in [4.69, 9.17) is 0 Å². The average molecular weight is 308 g/mol. The van der Waals surface area contributed by atoms with Crippen LogP contribution in [0.5, 0.6) is 0 Å². The largest absolute Gasteiger partial charge is 0.379 e. The van der Waals surface area contributed by atoms with Crippen LogP contribution in [0.1, 0.15) is 23.7 Å². The molecule has 0 unspecified atom stereocenters. The summed E-state index contributed by atoms with van der Waals surface area (Å²) in [5, 5.41) is 6.23. The van der Waals surface area contributed by atoms with Gasteiger partial charge in [-0.2, -0.15) is 0 Å². The third-order valence-electron chi connectivity index (χ3n) is 3.82. The third kappa shape index (κ3) is 3.18. The molecule has 3 rings (SSSR count). The summed E-state index contributed by atoms with van der Waals surface area (Å²) in [6, 6.07) is 9.99. The van der Waals surface area contributed by atoms with Crippen molar-refractivity contribution in [2.75, 3.05) is 10.6 Å². The lowest BCUT2D eigenvalue weighted by molar-refractivity contribution is -0.114. The number of benzene rings is 1. The average Bonchev–Trinajstić information content (AvgIpc) is 2.92. The Bertz CT molecular complexity index is 867. The molecular formula is C18H20N4O. The second-order valence-electron chi connectivity index (χ2n) is 5.70. The minimum Gasteiger partial charge on any atom is -0.379 e. The summed E-state index contributed by atoms with van der Waals surface area (Å²) in [6.07, 6.45) is 3.92. The van der Waals surface area contributed by atoms with Crippen LogP contribution in [-0.4, -0.2) is 15.3 Å². The Kier molecular flexibility index (Phi) is 4.02. The van der Waals surface area contributed by atoms with Crippen LogP contribution in [0.2, 0.25) is 0 Å². The number of imidazole rings is 1. The summed E-state index contributed by atoms with van der Waals surface area (Å²) in [5.74, 6) is -0.0603. The van der Waals surface area contributed by atoms with Crippen LogP contribution in [0, 0.1) is 13.8 Å². The molecule has 2 aromatic heterocycles. The second-order valence-corrected chi connectivity index (χ2v) is 5.70. The number of aromatic nitrogens is 2. The summed E-state index contributed by atoms with van der Waals surface area (Å²) in [6.45, 7) is 6.24. The lowest BCUT2D eigenvalue weighted by Gasteiger charge is -2.11. The van der Waals surface area contributed by atoms with E-state index in [2.05, 4.69) is 33.0 Å². The normalized spacial score (nSPS) is 10.7. The highest BCUT2D eigenvalue weighted by molar-refractivity contribution is 5.89. The van der Waals surface area contributed by atoms with E-state index < -0.39 is 0 Å². The number of carbonyl (C=O) groups excluding carboxylic acids is 1. The van der Waals surface area contributed by atoms with Gasteiger partial charge >= 0.3 is 0 Å². The molecule has 23 heavy (non-hydrogen) atoms. The zero-order chi connectivity index (χ0) is 16.4. The summed E-state index contributed by atoms with van der Waals surface area (Å²) < 4.78 is 2.10. The fraction of sp³-hybridized carbons (Fsp3) is 0.222. The molecule has 0 bridgehead atoms. The first kappa shape index (κ1) is 15.1. The second kappa shape index (κ2) is 6.12. The predicted octanol–water partition coefficient (Wildman–Crippen LogP) is 3.52. The Labute approximate surface area is 135 Å². The van der Waals surface area contributed by atoms with Gasteiger partial charge in [-0.15, -0.1) is 0 Å². The molecule has 118 valence electrons. The van der Waals surface area contributed by atoms with Crippen LogP contribution >= 0.6 is 0 Å². The highest BCUT2D eigenvalue weighted by Gasteiger charge is 2.06. The fourth-order valence-corrected chi connectivity index (χ4v) is 2.63. The molecule has 0 atom stereocenters. The smallest absolute Gasteiger partial charge is 0.221 e. The Hall–Kier alpha value is -2.82. The maximum absolute atomic E-state index is 11.1. The fourth-order valence-electron chi connectivity index (χ4n) is 2.63. The van der Waals surface area contributed by atoms with Crippen LogP contribution in [0.3, 0.4) is 0 Å². The Morgan fingerprint density at radius 3 is 2.78 bits per heavy atom. The molecule has 3 aromatic rings. The number of hydrogen-bond acceptors (Lipinski definition) is 3. The van der Waals surface area contributed by atoms with Crippen LogP contribution in [0.25, 0.3) is 5.65 Å². The SMILES string of the molecule is CC(=O)Nc1ccc(NCc2cnc3c(C)cccn23)cc1C. The molecule has 0 aliphatic rings. The van der Waals surface area contributed by atoms with Crippen molar-refractivity contribution in [3.8, 4) is 0 Å². The van der Waals surface area contributed by atoms with Crippen molar-refractivity contribution >= 4 is 22.9 Å². The molecule has 1 aromatic carbocycles.